The van der Waals surface area contributed by atoms with Crippen LogP contribution in [0.1, 0.15) is 26.7 Å². The van der Waals surface area contributed by atoms with Crippen LogP contribution < -0.4 is 5.73 Å². The van der Waals surface area contributed by atoms with Gasteiger partial charge in [-0.1, -0.05) is 6.92 Å². The van der Waals surface area contributed by atoms with Crippen molar-refractivity contribution in [2.45, 2.75) is 38.9 Å². The first-order chi connectivity index (χ1) is 7.70. The molecule has 2 atom stereocenters. The van der Waals surface area contributed by atoms with Crippen molar-refractivity contribution >= 4 is 5.91 Å². The first-order valence-corrected chi connectivity index (χ1v) is 6.28. The highest BCUT2D eigenvalue weighted by Crippen LogP contribution is 2.24. The van der Waals surface area contributed by atoms with Crippen LogP contribution in [-0.4, -0.2) is 59.2 Å². The summed E-state index contributed by atoms with van der Waals surface area (Å²) in [6.07, 6.45) is 2.53. The van der Waals surface area contributed by atoms with Crippen LogP contribution in [0.5, 0.6) is 0 Å². The highest BCUT2D eigenvalue weighted by molar-refractivity contribution is 5.84. The molecule has 0 bridgehead atoms. The zero-order valence-corrected chi connectivity index (χ0v) is 10.2. The lowest BCUT2D eigenvalue weighted by atomic mass is 10.2. The molecule has 0 aromatic heterocycles. The Hall–Kier alpha value is -0.650. The molecule has 0 aliphatic carbocycles. The third-order valence-electron chi connectivity index (χ3n) is 3.61. The normalized spacial score (nSPS) is 32.9. The van der Waals surface area contributed by atoms with Gasteiger partial charge in [0.1, 0.15) is 12.2 Å². The number of nitrogens with zero attached hydrogens (tertiary/aromatic N) is 3. The molecule has 5 heteroatoms. The lowest BCUT2D eigenvalue weighted by Gasteiger charge is -2.35. The van der Waals surface area contributed by atoms with Gasteiger partial charge < -0.3 is 5.73 Å². The zero-order chi connectivity index (χ0) is 11.7. The van der Waals surface area contributed by atoms with E-state index in [0.29, 0.717) is 6.54 Å². The van der Waals surface area contributed by atoms with E-state index in [0.717, 1.165) is 19.6 Å². The number of hydrogen-bond donors (Lipinski definition) is 1. The van der Waals surface area contributed by atoms with Crippen LogP contribution >= 0.6 is 0 Å². The number of hydrogen-bond acceptors (Lipinski definition) is 4. The topological polar surface area (TPSA) is 52.8 Å². The summed E-state index contributed by atoms with van der Waals surface area (Å²) < 4.78 is 0. The molecule has 0 aromatic carbocycles. The molecule has 2 heterocycles. The van der Waals surface area contributed by atoms with Crippen LogP contribution in [0.4, 0.5) is 0 Å². The molecule has 2 N–H and O–H groups in total. The number of nitrogens with two attached hydrogens (primary N) is 1. The third-order valence-corrected chi connectivity index (χ3v) is 3.61. The van der Waals surface area contributed by atoms with Gasteiger partial charge in [0.2, 0.25) is 0 Å². The van der Waals surface area contributed by atoms with Crippen LogP contribution in [0, 0.1) is 0 Å². The van der Waals surface area contributed by atoms with Crippen molar-refractivity contribution < 1.29 is 4.79 Å². The Morgan fingerprint density at radius 1 is 1.25 bits per heavy atom. The van der Waals surface area contributed by atoms with Gasteiger partial charge in [0.15, 0.2) is 0 Å². The number of likely N-dealkylation sites (N-methyl/N-ethyl adjacent to an activating group) is 2. The minimum Gasteiger partial charge on any atom is -0.317 e. The highest BCUT2D eigenvalue weighted by atomic mass is 16.2. The van der Waals surface area contributed by atoms with Gasteiger partial charge in [0.25, 0.3) is 5.91 Å². The molecular weight excluding hydrogens is 204 g/mol. The van der Waals surface area contributed by atoms with Crippen LogP contribution in [-0.2, 0) is 4.79 Å². The molecule has 2 unspecified atom stereocenters. The predicted molar refractivity (Wildman–Crippen MR) is 62.3 cm³/mol. The van der Waals surface area contributed by atoms with Crippen LogP contribution in [0.15, 0.2) is 0 Å². The van der Waals surface area contributed by atoms with E-state index in [-0.39, 0.29) is 18.1 Å². The maximum Gasteiger partial charge on any atom is 0.256 e. The number of hydrazine groups is 1. The van der Waals surface area contributed by atoms with Crippen molar-refractivity contribution in [1.29, 1.82) is 0 Å². The van der Waals surface area contributed by atoms with Crippen LogP contribution in [0.25, 0.3) is 0 Å². The van der Waals surface area contributed by atoms with Gasteiger partial charge >= 0.3 is 0 Å². The van der Waals surface area contributed by atoms with Crippen molar-refractivity contribution in [2.75, 3.05) is 26.2 Å². The number of carbonyl (C=O) groups excluding carboxylic acids is 1. The molecule has 2 aliphatic heterocycles. The second kappa shape index (κ2) is 4.69. The van der Waals surface area contributed by atoms with Gasteiger partial charge in [-0.05, 0) is 32.9 Å². The van der Waals surface area contributed by atoms with Gasteiger partial charge in [0.05, 0.1) is 0 Å². The lowest BCUT2D eigenvalue weighted by molar-refractivity contribution is -0.140. The third kappa shape index (κ3) is 1.73. The number of likely N-dealkylation sites (tertiary alicyclic amines) is 1. The van der Waals surface area contributed by atoms with Crippen LogP contribution in [0.2, 0.25) is 0 Å². The minimum absolute atomic E-state index is 0.0706. The molecule has 0 saturated carbocycles. The van der Waals surface area contributed by atoms with E-state index in [1.165, 1.54) is 12.8 Å². The Morgan fingerprint density at radius 3 is 2.38 bits per heavy atom. The van der Waals surface area contributed by atoms with Crippen LogP contribution in [0.3, 0.4) is 0 Å². The monoisotopic (exact) mass is 226 g/mol. The summed E-state index contributed by atoms with van der Waals surface area (Å²) in [4.78, 5) is 14.4. The predicted octanol–water partition coefficient (Wildman–Crippen LogP) is -0.165. The lowest BCUT2D eigenvalue weighted by Crippen LogP contribution is -2.53. The Morgan fingerprint density at radius 2 is 1.88 bits per heavy atom. The molecule has 92 valence electrons. The zero-order valence-electron chi connectivity index (χ0n) is 10.2. The van der Waals surface area contributed by atoms with E-state index in [2.05, 4.69) is 16.8 Å². The molecule has 2 aliphatic rings. The van der Waals surface area contributed by atoms with Gasteiger partial charge in [-0.2, -0.15) is 5.01 Å². The smallest absolute Gasteiger partial charge is 0.256 e. The molecule has 5 nitrogen and oxygen atoms in total. The Bertz CT molecular complexity index is 265. The SMILES string of the molecule is CCN1C(=O)C(N)C(N2CCCC2)N1CC. The summed E-state index contributed by atoms with van der Waals surface area (Å²) in [6, 6.07) is -0.377. The minimum atomic E-state index is -0.377. The van der Waals surface area contributed by atoms with Gasteiger partial charge in [-0.25, -0.2) is 0 Å². The fourth-order valence-corrected chi connectivity index (χ4v) is 2.87. The maximum atomic E-state index is 12.0. The van der Waals surface area contributed by atoms with E-state index in [9.17, 15) is 4.79 Å². The highest BCUT2D eigenvalue weighted by Gasteiger charge is 2.46. The quantitative estimate of drug-likeness (QED) is 0.726. The van der Waals surface area contributed by atoms with Gasteiger partial charge in [0, 0.05) is 13.1 Å². The van der Waals surface area contributed by atoms with Crippen molar-refractivity contribution in [1.82, 2.24) is 14.9 Å². The summed E-state index contributed by atoms with van der Waals surface area (Å²) in [5, 5.41) is 3.92. The summed E-state index contributed by atoms with van der Waals surface area (Å²) in [5.74, 6) is 0.0706. The molecule has 0 aromatic rings. The number of carbonyl (C=O) groups is 1. The van der Waals surface area contributed by atoms with Gasteiger partial charge in [-0.3, -0.25) is 14.7 Å². The van der Waals surface area contributed by atoms with E-state index in [1.807, 2.05) is 6.92 Å². The average Bonchev–Trinajstić information content (AvgIpc) is 2.87. The first-order valence-electron chi connectivity index (χ1n) is 6.28. The Labute approximate surface area is 97.1 Å². The maximum absolute atomic E-state index is 12.0. The van der Waals surface area contributed by atoms with Crippen molar-refractivity contribution in [3.63, 3.8) is 0 Å². The van der Waals surface area contributed by atoms with Crippen molar-refractivity contribution in [3.8, 4) is 0 Å². The summed E-state index contributed by atoms with van der Waals surface area (Å²) in [7, 11) is 0. The summed E-state index contributed by atoms with van der Waals surface area (Å²) >= 11 is 0. The Balaban J connectivity index is 2.18. The van der Waals surface area contributed by atoms with E-state index >= 15 is 0 Å². The van der Waals surface area contributed by atoms with E-state index in [1.54, 1.807) is 5.01 Å². The standard InChI is InChI=1S/C11H22N4O/c1-3-14-10(13-7-5-6-8-13)9(12)11(16)15(14)4-2/h9-10H,3-8,12H2,1-2H3. The molecule has 16 heavy (non-hydrogen) atoms. The molecule has 0 spiro atoms. The second-order valence-corrected chi connectivity index (χ2v) is 4.49. The molecule has 2 rings (SSSR count). The second-order valence-electron chi connectivity index (χ2n) is 4.49. The fraction of sp³-hybridized carbons (Fsp3) is 0.909. The average molecular weight is 226 g/mol. The van der Waals surface area contributed by atoms with Gasteiger partial charge in [-0.15, -0.1) is 0 Å². The van der Waals surface area contributed by atoms with E-state index in [4.69, 9.17) is 5.73 Å². The largest absolute Gasteiger partial charge is 0.317 e. The summed E-state index contributed by atoms with van der Waals surface area (Å²) in [6.45, 7) is 7.77. The number of rotatable bonds is 3. The van der Waals surface area contributed by atoms with Crippen molar-refractivity contribution in [2.24, 2.45) is 5.73 Å². The molecule has 2 saturated heterocycles. The molecule has 1 amide bonds. The Kier molecular flexibility index (Phi) is 3.47. The summed E-state index contributed by atoms with van der Waals surface area (Å²) in [5.41, 5.74) is 6.06. The number of amides is 1. The van der Waals surface area contributed by atoms with Crippen molar-refractivity contribution in [3.05, 3.63) is 0 Å². The molecule has 2 fully saturated rings. The molecule has 0 radical (unpaired) electrons. The first kappa shape index (κ1) is 11.8. The molecular formula is C11H22N4O. The van der Waals surface area contributed by atoms with E-state index < -0.39 is 0 Å². The fourth-order valence-electron chi connectivity index (χ4n) is 2.87.